The lowest BCUT2D eigenvalue weighted by molar-refractivity contribution is -0.121. The monoisotopic (exact) mass is 342 g/mol. The van der Waals surface area contributed by atoms with Gasteiger partial charge in [-0.3, -0.25) is 4.79 Å². The van der Waals surface area contributed by atoms with Gasteiger partial charge in [0.25, 0.3) is 0 Å². The summed E-state index contributed by atoms with van der Waals surface area (Å²) >= 11 is 0. The summed E-state index contributed by atoms with van der Waals surface area (Å²) in [6, 6.07) is 6.57. The highest BCUT2D eigenvalue weighted by molar-refractivity contribution is 7.88. The number of carbonyl (C=O) groups excluding carboxylic acids is 1. The third kappa shape index (κ3) is 6.27. The molecule has 2 rings (SSSR count). The smallest absolute Gasteiger partial charge is 0.221 e. The standard InChI is InChI=1S/C16H23FN2O3S/c1-23(21,22)18-10-9-16(20)19-15-4-2-3-13(15)11-12-5-7-14(17)8-6-12/h5-8,13,15,18H,2-4,9-11H2,1H3,(H,19,20)/t13-,15-/m1/s1. The number of sulfonamides is 1. The van der Waals surface area contributed by atoms with E-state index in [-0.39, 0.29) is 30.7 Å². The Morgan fingerprint density at radius 1 is 1.26 bits per heavy atom. The number of carbonyl (C=O) groups is 1. The van der Waals surface area contributed by atoms with Crippen LogP contribution in [0.15, 0.2) is 24.3 Å². The highest BCUT2D eigenvalue weighted by Gasteiger charge is 2.28. The van der Waals surface area contributed by atoms with E-state index in [0.717, 1.165) is 37.5 Å². The van der Waals surface area contributed by atoms with Crippen molar-refractivity contribution in [2.75, 3.05) is 12.8 Å². The van der Waals surface area contributed by atoms with Crippen LogP contribution in [0.2, 0.25) is 0 Å². The van der Waals surface area contributed by atoms with Crippen molar-refractivity contribution in [2.24, 2.45) is 5.92 Å². The predicted molar refractivity (Wildman–Crippen MR) is 86.8 cm³/mol. The second kappa shape index (κ2) is 7.88. The van der Waals surface area contributed by atoms with Gasteiger partial charge in [-0.25, -0.2) is 17.5 Å². The fraction of sp³-hybridized carbons (Fsp3) is 0.562. The molecule has 0 aromatic heterocycles. The molecule has 1 aromatic carbocycles. The number of hydrogen-bond donors (Lipinski definition) is 2. The van der Waals surface area contributed by atoms with Crippen molar-refractivity contribution in [3.63, 3.8) is 0 Å². The van der Waals surface area contributed by atoms with Crippen LogP contribution < -0.4 is 10.0 Å². The average molecular weight is 342 g/mol. The summed E-state index contributed by atoms with van der Waals surface area (Å²) in [5, 5.41) is 3.00. The first-order valence-electron chi connectivity index (χ1n) is 7.82. The van der Waals surface area contributed by atoms with Crippen LogP contribution >= 0.6 is 0 Å². The zero-order chi connectivity index (χ0) is 16.9. The van der Waals surface area contributed by atoms with Crippen molar-refractivity contribution in [3.8, 4) is 0 Å². The van der Waals surface area contributed by atoms with E-state index in [9.17, 15) is 17.6 Å². The summed E-state index contributed by atoms with van der Waals surface area (Å²) in [7, 11) is -3.26. The van der Waals surface area contributed by atoms with Crippen molar-refractivity contribution >= 4 is 15.9 Å². The number of amides is 1. The van der Waals surface area contributed by atoms with Gasteiger partial charge in [0.05, 0.1) is 6.26 Å². The number of benzene rings is 1. The first-order chi connectivity index (χ1) is 10.8. The maximum atomic E-state index is 12.9. The predicted octanol–water partition coefficient (Wildman–Crippen LogP) is 1.59. The van der Waals surface area contributed by atoms with Crippen LogP contribution in [0.3, 0.4) is 0 Å². The molecular formula is C16H23FN2O3S. The summed E-state index contributed by atoms with van der Waals surface area (Å²) < 4.78 is 37.2. The summed E-state index contributed by atoms with van der Waals surface area (Å²) in [6.07, 6.45) is 5.03. The summed E-state index contributed by atoms with van der Waals surface area (Å²) in [5.41, 5.74) is 1.07. The van der Waals surface area contributed by atoms with Crippen LogP contribution in [0.1, 0.15) is 31.2 Å². The van der Waals surface area contributed by atoms with E-state index < -0.39 is 10.0 Å². The maximum absolute atomic E-state index is 12.9. The van der Waals surface area contributed by atoms with Gasteiger partial charge in [-0.1, -0.05) is 18.6 Å². The first-order valence-corrected chi connectivity index (χ1v) is 9.71. The normalized spacial score (nSPS) is 21.3. The molecule has 0 bridgehead atoms. The van der Waals surface area contributed by atoms with Gasteiger partial charge >= 0.3 is 0 Å². The summed E-state index contributed by atoms with van der Waals surface area (Å²) in [6.45, 7) is 0.111. The Morgan fingerprint density at radius 3 is 2.61 bits per heavy atom. The van der Waals surface area contributed by atoms with Crippen LogP contribution in [0, 0.1) is 11.7 Å². The summed E-state index contributed by atoms with van der Waals surface area (Å²) in [5.74, 6) is -0.0483. The lowest BCUT2D eigenvalue weighted by atomic mass is 9.94. The van der Waals surface area contributed by atoms with E-state index in [2.05, 4.69) is 10.0 Å². The minimum atomic E-state index is -3.26. The molecule has 5 nitrogen and oxygen atoms in total. The van der Waals surface area contributed by atoms with Crippen LogP contribution in [0.4, 0.5) is 4.39 Å². The molecule has 1 aromatic rings. The minimum absolute atomic E-state index is 0.103. The minimum Gasteiger partial charge on any atom is -0.353 e. The molecule has 1 fully saturated rings. The van der Waals surface area contributed by atoms with E-state index in [0.29, 0.717) is 5.92 Å². The zero-order valence-electron chi connectivity index (χ0n) is 13.2. The van der Waals surface area contributed by atoms with Gasteiger partial charge in [-0.2, -0.15) is 0 Å². The van der Waals surface area contributed by atoms with Gasteiger partial charge in [0.2, 0.25) is 15.9 Å². The van der Waals surface area contributed by atoms with Gasteiger partial charge in [0.15, 0.2) is 0 Å². The van der Waals surface area contributed by atoms with Crippen molar-refractivity contribution in [3.05, 3.63) is 35.6 Å². The molecule has 1 saturated carbocycles. The number of nitrogens with one attached hydrogen (secondary N) is 2. The number of rotatable bonds is 7. The van der Waals surface area contributed by atoms with Crippen LogP contribution in [0.5, 0.6) is 0 Å². The molecule has 7 heteroatoms. The quantitative estimate of drug-likeness (QED) is 0.790. The first kappa shape index (κ1) is 17.9. The highest BCUT2D eigenvalue weighted by atomic mass is 32.2. The molecule has 0 aliphatic heterocycles. The molecule has 2 atom stereocenters. The van der Waals surface area contributed by atoms with Crippen molar-refractivity contribution in [1.29, 1.82) is 0 Å². The Bertz CT molecular complexity index is 631. The molecule has 1 aliphatic rings. The molecule has 0 unspecified atom stereocenters. The third-order valence-electron chi connectivity index (χ3n) is 4.13. The van der Waals surface area contributed by atoms with Gasteiger partial charge in [0.1, 0.15) is 5.82 Å². The lowest BCUT2D eigenvalue weighted by Crippen LogP contribution is -2.39. The average Bonchev–Trinajstić information content (AvgIpc) is 2.87. The Kier molecular flexibility index (Phi) is 6.12. The zero-order valence-corrected chi connectivity index (χ0v) is 14.0. The molecule has 1 amide bonds. The van der Waals surface area contributed by atoms with Crippen LogP contribution in [-0.2, 0) is 21.2 Å². The molecule has 0 radical (unpaired) electrons. The number of hydrogen-bond acceptors (Lipinski definition) is 3. The van der Waals surface area contributed by atoms with Crippen molar-refractivity contribution in [1.82, 2.24) is 10.0 Å². The SMILES string of the molecule is CS(=O)(=O)NCCC(=O)N[C@@H]1CCC[C@@H]1Cc1ccc(F)cc1. The topological polar surface area (TPSA) is 75.3 Å². The molecular weight excluding hydrogens is 319 g/mol. The van der Waals surface area contributed by atoms with Gasteiger partial charge < -0.3 is 5.32 Å². The van der Waals surface area contributed by atoms with E-state index in [4.69, 9.17) is 0 Å². The van der Waals surface area contributed by atoms with Crippen molar-refractivity contribution < 1.29 is 17.6 Å². The van der Waals surface area contributed by atoms with E-state index in [1.165, 1.54) is 12.1 Å². The molecule has 0 heterocycles. The lowest BCUT2D eigenvalue weighted by Gasteiger charge is -2.21. The second-order valence-corrected chi connectivity index (χ2v) is 7.95. The van der Waals surface area contributed by atoms with E-state index in [1.54, 1.807) is 12.1 Å². The molecule has 128 valence electrons. The molecule has 2 N–H and O–H groups in total. The maximum Gasteiger partial charge on any atom is 0.221 e. The van der Waals surface area contributed by atoms with Gasteiger partial charge in [-0.05, 0) is 42.9 Å². The second-order valence-electron chi connectivity index (χ2n) is 6.11. The Hall–Kier alpha value is -1.47. The Balaban J connectivity index is 1.81. The fourth-order valence-corrected chi connectivity index (χ4v) is 3.50. The van der Waals surface area contributed by atoms with Gasteiger partial charge in [0, 0.05) is 19.0 Å². The Morgan fingerprint density at radius 2 is 1.96 bits per heavy atom. The van der Waals surface area contributed by atoms with E-state index in [1.807, 2.05) is 0 Å². The van der Waals surface area contributed by atoms with Gasteiger partial charge in [-0.15, -0.1) is 0 Å². The molecule has 0 saturated heterocycles. The number of halogens is 1. The van der Waals surface area contributed by atoms with Crippen molar-refractivity contribution in [2.45, 2.75) is 38.1 Å². The molecule has 23 heavy (non-hydrogen) atoms. The summed E-state index contributed by atoms with van der Waals surface area (Å²) in [4.78, 5) is 11.9. The molecule has 0 spiro atoms. The van der Waals surface area contributed by atoms with E-state index >= 15 is 0 Å². The fourth-order valence-electron chi connectivity index (χ4n) is 3.02. The third-order valence-corrected chi connectivity index (χ3v) is 4.86. The Labute approximate surface area is 136 Å². The van der Waals surface area contributed by atoms with Crippen LogP contribution in [-0.4, -0.2) is 33.2 Å². The van der Waals surface area contributed by atoms with Crippen LogP contribution in [0.25, 0.3) is 0 Å². The highest BCUT2D eigenvalue weighted by Crippen LogP contribution is 2.29. The molecule has 1 aliphatic carbocycles. The largest absolute Gasteiger partial charge is 0.353 e.